The number of hydrogen-bond acceptors (Lipinski definition) is 4. The van der Waals surface area contributed by atoms with Crippen LogP contribution in [0.1, 0.15) is 51.5 Å². The van der Waals surface area contributed by atoms with Crippen molar-refractivity contribution in [2.45, 2.75) is 46.0 Å². The van der Waals surface area contributed by atoms with Gasteiger partial charge in [-0.25, -0.2) is 9.97 Å². The Balaban J connectivity index is 2.14. The molecule has 0 saturated heterocycles. The maximum atomic E-state index is 5.85. The van der Waals surface area contributed by atoms with E-state index in [1.807, 2.05) is 0 Å². The third kappa shape index (κ3) is 3.34. The lowest BCUT2D eigenvalue weighted by Crippen LogP contribution is -2.11. The second-order valence-electron chi connectivity index (χ2n) is 5.28. The summed E-state index contributed by atoms with van der Waals surface area (Å²) in [6, 6.07) is 0. The molecule has 1 heterocycles. The Morgan fingerprint density at radius 2 is 2.17 bits per heavy atom. The Hall–Kier alpha value is -1.32. The van der Waals surface area contributed by atoms with Gasteiger partial charge in [0.05, 0.1) is 12.2 Å². The fraction of sp³-hybridized carbons (Fsp3) is 0.714. The molecule has 100 valence electrons. The summed E-state index contributed by atoms with van der Waals surface area (Å²) < 4.78 is 5.85. The zero-order chi connectivity index (χ0) is 13.0. The van der Waals surface area contributed by atoms with Gasteiger partial charge in [0, 0.05) is 6.54 Å². The number of ether oxygens (including phenoxy) is 1. The van der Waals surface area contributed by atoms with Crippen molar-refractivity contribution in [2.24, 2.45) is 5.92 Å². The molecule has 0 unspecified atom stereocenters. The van der Waals surface area contributed by atoms with Crippen LogP contribution in [0.15, 0.2) is 6.33 Å². The number of nitrogens with zero attached hydrogens (tertiary/aromatic N) is 2. The molecule has 18 heavy (non-hydrogen) atoms. The van der Waals surface area contributed by atoms with Gasteiger partial charge >= 0.3 is 0 Å². The highest BCUT2D eigenvalue weighted by Gasteiger charge is 2.24. The SMILES string of the molecule is CCCNc1ncnc(OCC2CC2)c1C(C)C. The average molecular weight is 249 g/mol. The van der Waals surface area contributed by atoms with Gasteiger partial charge in [-0.15, -0.1) is 0 Å². The monoisotopic (exact) mass is 249 g/mol. The second-order valence-corrected chi connectivity index (χ2v) is 5.28. The van der Waals surface area contributed by atoms with E-state index in [9.17, 15) is 0 Å². The Morgan fingerprint density at radius 1 is 1.39 bits per heavy atom. The lowest BCUT2D eigenvalue weighted by Gasteiger charge is -2.16. The third-order valence-electron chi connectivity index (χ3n) is 3.12. The molecule has 0 aromatic carbocycles. The van der Waals surface area contributed by atoms with Crippen LogP contribution in [0, 0.1) is 5.92 Å². The van der Waals surface area contributed by atoms with Crippen LogP contribution in [0.5, 0.6) is 5.88 Å². The molecule has 1 fully saturated rings. The summed E-state index contributed by atoms with van der Waals surface area (Å²) in [5, 5.41) is 3.36. The molecule has 0 bridgehead atoms. The van der Waals surface area contributed by atoms with Gasteiger partial charge in [0.2, 0.25) is 5.88 Å². The second kappa shape index (κ2) is 6.03. The highest BCUT2D eigenvalue weighted by molar-refractivity contribution is 5.50. The standard InChI is InChI=1S/C14H23N3O/c1-4-7-15-13-12(10(2)3)14(17-9-16-13)18-8-11-5-6-11/h9-11H,4-8H2,1-3H3,(H,15,16,17). The molecule has 0 radical (unpaired) electrons. The molecule has 1 saturated carbocycles. The van der Waals surface area contributed by atoms with Crippen molar-refractivity contribution >= 4 is 5.82 Å². The summed E-state index contributed by atoms with van der Waals surface area (Å²) in [5.41, 5.74) is 1.10. The number of nitrogens with one attached hydrogen (secondary N) is 1. The molecule has 1 aromatic rings. The van der Waals surface area contributed by atoms with Crippen molar-refractivity contribution in [2.75, 3.05) is 18.5 Å². The van der Waals surface area contributed by atoms with Gasteiger partial charge in [0.1, 0.15) is 12.1 Å². The van der Waals surface area contributed by atoms with E-state index in [2.05, 4.69) is 36.1 Å². The Morgan fingerprint density at radius 3 is 2.78 bits per heavy atom. The maximum absolute atomic E-state index is 5.85. The Bertz CT molecular complexity index is 389. The van der Waals surface area contributed by atoms with Crippen LogP contribution in [-0.4, -0.2) is 23.1 Å². The summed E-state index contributed by atoms with van der Waals surface area (Å²) in [6.07, 6.45) is 5.26. The van der Waals surface area contributed by atoms with Crippen molar-refractivity contribution in [3.05, 3.63) is 11.9 Å². The first-order chi connectivity index (χ1) is 8.72. The summed E-state index contributed by atoms with van der Waals surface area (Å²) >= 11 is 0. The van der Waals surface area contributed by atoms with Crippen molar-refractivity contribution in [1.29, 1.82) is 0 Å². The highest BCUT2D eigenvalue weighted by Crippen LogP contribution is 2.33. The van der Waals surface area contributed by atoms with Crippen molar-refractivity contribution in [3.8, 4) is 5.88 Å². The van der Waals surface area contributed by atoms with Crippen molar-refractivity contribution in [3.63, 3.8) is 0 Å². The lowest BCUT2D eigenvalue weighted by molar-refractivity contribution is 0.284. The topological polar surface area (TPSA) is 47.0 Å². The number of hydrogen-bond donors (Lipinski definition) is 1. The predicted octanol–water partition coefficient (Wildman–Crippen LogP) is 3.21. The number of anilines is 1. The summed E-state index contributed by atoms with van der Waals surface area (Å²) in [7, 11) is 0. The summed E-state index contributed by atoms with van der Waals surface area (Å²) in [4.78, 5) is 8.63. The van der Waals surface area contributed by atoms with E-state index in [-0.39, 0.29) is 0 Å². The van der Waals surface area contributed by atoms with E-state index < -0.39 is 0 Å². The van der Waals surface area contributed by atoms with Gasteiger partial charge < -0.3 is 10.1 Å². The van der Waals surface area contributed by atoms with E-state index in [0.717, 1.165) is 42.8 Å². The van der Waals surface area contributed by atoms with Crippen molar-refractivity contribution < 1.29 is 4.74 Å². The normalized spacial score (nSPS) is 14.9. The Labute approximate surface area is 109 Å². The molecule has 0 spiro atoms. The zero-order valence-electron chi connectivity index (χ0n) is 11.6. The van der Waals surface area contributed by atoms with Gasteiger partial charge in [0.25, 0.3) is 0 Å². The minimum absolute atomic E-state index is 0.361. The van der Waals surface area contributed by atoms with E-state index in [1.165, 1.54) is 12.8 Å². The molecule has 1 aliphatic rings. The fourth-order valence-electron chi connectivity index (χ4n) is 1.88. The first kappa shape index (κ1) is 13.1. The number of rotatable bonds is 7. The van der Waals surface area contributed by atoms with Gasteiger partial charge in [-0.2, -0.15) is 0 Å². The number of aromatic nitrogens is 2. The molecule has 1 N–H and O–H groups in total. The molecule has 0 atom stereocenters. The summed E-state index contributed by atoms with van der Waals surface area (Å²) in [6.45, 7) is 8.18. The molecule has 0 aliphatic heterocycles. The van der Waals surface area contributed by atoms with Crippen LogP contribution < -0.4 is 10.1 Å². The average Bonchev–Trinajstić information content (AvgIpc) is 3.17. The van der Waals surface area contributed by atoms with Gasteiger partial charge in [-0.3, -0.25) is 0 Å². The maximum Gasteiger partial charge on any atom is 0.222 e. The minimum Gasteiger partial charge on any atom is -0.477 e. The van der Waals surface area contributed by atoms with Crippen LogP contribution >= 0.6 is 0 Å². The van der Waals surface area contributed by atoms with Crippen LogP contribution in [0.4, 0.5) is 5.82 Å². The van der Waals surface area contributed by atoms with Crippen LogP contribution in [0.3, 0.4) is 0 Å². The Kier molecular flexibility index (Phi) is 4.39. The van der Waals surface area contributed by atoms with Crippen LogP contribution in [-0.2, 0) is 0 Å². The molecule has 1 aliphatic carbocycles. The van der Waals surface area contributed by atoms with E-state index in [0.29, 0.717) is 5.92 Å². The smallest absolute Gasteiger partial charge is 0.222 e. The highest BCUT2D eigenvalue weighted by atomic mass is 16.5. The molecular formula is C14H23N3O. The first-order valence-corrected chi connectivity index (χ1v) is 6.94. The minimum atomic E-state index is 0.361. The van der Waals surface area contributed by atoms with Crippen LogP contribution in [0.25, 0.3) is 0 Å². The van der Waals surface area contributed by atoms with E-state index >= 15 is 0 Å². The molecule has 4 heteroatoms. The molecule has 4 nitrogen and oxygen atoms in total. The van der Waals surface area contributed by atoms with Gasteiger partial charge in [0.15, 0.2) is 0 Å². The van der Waals surface area contributed by atoms with E-state index in [4.69, 9.17) is 4.74 Å². The van der Waals surface area contributed by atoms with Gasteiger partial charge in [-0.05, 0) is 31.1 Å². The molecular weight excluding hydrogens is 226 g/mol. The third-order valence-corrected chi connectivity index (χ3v) is 3.12. The summed E-state index contributed by atoms with van der Waals surface area (Å²) in [5.74, 6) is 2.78. The zero-order valence-corrected chi connectivity index (χ0v) is 11.6. The predicted molar refractivity (Wildman–Crippen MR) is 73.1 cm³/mol. The molecule has 2 rings (SSSR count). The van der Waals surface area contributed by atoms with E-state index in [1.54, 1.807) is 6.33 Å². The molecule has 1 aromatic heterocycles. The first-order valence-electron chi connectivity index (χ1n) is 6.94. The van der Waals surface area contributed by atoms with Crippen molar-refractivity contribution in [1.82, 2.24) is 9.97 Å². The largest absolute Gasteiger partial charge is 0.477 e. The van der Waals surface area contributed by atoms with Crippen LogP contribution in [0.2, 0.25) is 0 Å². The fourth-order valence-corrected chi connectivity index (χ4v) is 1.88. The quantitative estimate of drug-likeness (QED) is 0.806. The van der Waals surface area contributed by atoms with Gasteiger partial charge in [-0.1, -0.05) is 20.8 Å². The molecule has 0 amide bonds. The lowest BCUT2D eigenvalue weighted by atomic mass is 10.1.